The van der Waals surface area contributed by atoms with Gasteiger partial charge in [-0.1, -0.05) is 463 Å². The first-order chi connectivity index (χ1) is 63.8. The van der Waals surface area contributed by atoms with E-state index in [4.69, 9.17) is 0 Å². The molecule has 0 N–H and O–H groups in total. The minimum Gasteiger partial charge on any atom is -0.0911 e. The van der Waals surface area contributed by atoms with Gasteiger partial charge in [-0.05, 0) is 305 Å². The molecule has 4 heterocycles. The molecule has 22 rings (SSSR count). The molecule has 0 radical (unpaired) electrons. The van der Waals surface area contributed by atoms with E-state index in [-0.39, 0.29) is 51.3 Å². The Labute approximate surface area is 813 Å². The van der Waals surface area contributed by atoms with Crippen molar-refractivity contribution in [2.24, 2.45) is 0 Å². The average Bonchev–Trinajstić information content (AvgIpc) is 0.718. The lowest BCUT2D eigenvalue weighted by Crippen LogP contribution is -2.58. The predicted octanol–water partition coefficient (Wildman–Crippen LogP) is 33.3. The van der Waals surface area contributed by atoms with Crippen molar-refractivity contribution in [3.05, 3.63) is 373 Å². The summed E-state index contributed by atoms with van der Waals surface area (Å²) in [6.07, 6.45) is 0. The van der Waals surface area contributed by atoms with Gasteiger partial charge in [0.05, 0.1) is 0 Å². The van der Waals surface area contributed by atoms with Gasteiger partial charge in [0.15, 0.2) is 0 Å². The Morgan fingerprint density at radius 3 is 0.627 bits per heavy atom. The highest BCUT2D eigenvalue weighted by atomic mass is 32.2. The van der Waals surface area contributed by atoms with Crippen LogP contribution in [-0.2, 0) is 37.9 Å². The zero-order chi connectivity index (χ0) is 93.4. The van der Waals surface area contributed by atoms with Crippen molar-refractivity contribution in [3.63, 3.8) is 0 Å². The van der Waals surface area contributed by atoms with Gasteiger partial charge in [0, 0.05) is 39.2 Å². The van der Waals surface area contributed by atoms with Gasteiger partial charge in [-0.25, -0.2) is 0 Å². The van der Waals surface area contributed by atoms with Gasteiger partial charge in [0.2, 0.25) is 13.4 Å². The summed E-state index contributed by atoms with van der Waals surface area (Å²) in [7, 11) is 0. The van der Waals surface area contributed by atoms with E-state index in [2.05, 4.69) is 479 Å². The van der Waals surface area contributed by atoms with Gasteiger partial charge in [0.1, 0.15) is 0 Å². The fourth-order valence-corrected chi connectivity index (χ4v) is 26.1. The molecule has 0 saturated heterocycles. The molecule has 6 heteroatoms. The summed E-state index contributed by atoms with van der Waals surface area (Å²) in [5.41, 5.74) is 38.4. The minimum absolute atomic E-state index is 0.0193. The lowest BCUT2D eigenvalue weighted by Gasteiger charge is -2.35. The molecule has 4 aliphatic heterocycles. The molecule has 0 fully saturated rings. The maximum atomic E-state index is 2.53. The van der Waals surface area contributed by atoms with Crippen LogP contribution in [0.5, 0.6) is 0 Å². The molecule has 660 valence electrons. The molecule has 0 aromatic heterocycles. The topological polar surface area (TPSA) is 0 Å². The van der Waals surface area contributed by atoms with Crippen LogP contribution < -0.4 is 32.8 Å². The molecule has 0 unspecified atom stereocenters. The van der Waals surface area contributed by atoms with Crippen molar-refractivity contribution in [2.75, 3.05) is 0 Å². The zero-order valence-electron chi connectivity index (χ0n) is 81.5. The molecule has 0 aliphatic carbocycles. The molecule has 0 bridgehead atoms. The Balaban J connectivity index is 0.000000161. The highest BCUT2D eigenvalue weighted by Crippen LogP contribution is 2.53. The van der Waals surface area contributed by atoms with Gasteiger partial charge in [0.25, 0.3) is 0 Å². The van der Waals surface area contributed by atoms with E-state index >= 15 is 0 Å². The normalized spacial score (nSPS) is 13.6. The van der Waals surface area contributed by atoms with Crippen molar-refractivity contribution in [3.8, 4) is 89.0 Å². The van der Waals surface area contributed by atoms with E-state index in [0.717, 1.165) is 0 Å². The van der Waals surface area contributed by atoms with Crippen LogP contribution in [0.2, 0.25) is 0 Å². The van der Waals surface area contributed by atoms with Crippen LogP contribution in [0, 0.1) is 0 Å². The quantitative estimate of drug-likeness (QED) is 0.110. The fraction of sp³-hybridized carbons (Fsp3) is 0.219. The van der Waals surface area contributed by atoms with Gasteiger partial charge in [-0.2, -0.15) is 0 Å². The van der Waals surface area contributed by atoms with Crippen LogP contribution in [0.1, 0.15) is 184 Å². The molecular weight excluding hydrogens is 1690 g/mol. The van der Waals surface area contributed by atoms with E-state index in [1.165, 1.54) is 243 Å². The van der Waals surface area contributed by atoms with E-state index in [1.54, 1.807) is 0 Å². The van der Waals surface area contributed by atoms with Crippen LogP contribution >= 0.6 is 47.0 Å². The Kier molecular flexibility index (Phi) is 22.1. The van der Waals surface area contributed by atoms with Crippen molar-refractivity contribution >= 4 is 136 Å². The number of hydrogen-bond acceptors (Lipinski definition) is 4. The molecule has 0 saturated carbocycles. The lowest BCUT2D eigenvalue weighted by molar-refractivity contribution is 0.569. The summed E-state index contributed by atoms with van der Waals surface area (Å²) in [5.74, 6) is 0. The predicted molar refractivity (Wildman–Crippen MR) is 589 cm³/mol. The van der Waals surface area contributed by atoms with Crippen LogP contribution in [0.25, 0.3) is 132 Å². The highest BCUT2D eigenvalue weighted by Gasteiger charge is 2.43. The molecular formula is C128H118B2S4. The largest absolute Gasteiger partial charge is 0.247 e. The maximum absolute atomic E-state index is 2.53. The molecule has 18 aromatic carbocycles. The molecule has 18 aromatic rings. The minimum atomic E-state index is -0.0193. The average molecular weight is 1810 g/mol. The molecule has 4 aliphatic rings. The monoisotopic (exact) mass is 1800 g/mol. The van der Waals surface area contributed by atoms with Crippen LogP contribution in [0.3, 0.4) is 0 Å². The summed E-state index contributed by atoms with van der Waals surface area (Å²) < 4.78 is 0. The Morgan fingerprint density at radius 2 is 0.358 bits per heavy atom. The Bertz CT molecular complexity index is 7510. The Hall–Kier alpha value is -11.5. The van der Waals surface area contributed by atoms with Crippen molar-refractivity contribution in [1.29, 1.82) is 0 Å². The molecule has 0 atom stereocenters. The zero-order valence-corrected chi connectivity index (χ0v) is 84.8. The van der Waals surface area contributed by atoms with E-state index in [1.807, 2.05) is 47.0 Å². The SMILES string of the molecule is CC(C)(C)c1cc(-c2cc(-c3cc4c5c(c3)Sc3cc(C(C)(C)C)ccc3B5c3ccc(C(C)(C)C)cc3S4)cc(-c3c4ccccc4c(-c4ccccc4)c4ccccc34)c2)cc(C(C)(C)C)c1.CC(C)(C)c1cccc(-c2cc(-c3cc4c5c(c3)Sc3cc(C(C)(C)C)ccc3B5c3ccc(C(C)(C)C)cc3S4)cc(-c3c4ccccc4c(-c4ccccc4)c4ccccc34)c2)c1. The van der Waals surface area contributed by atoms with Gasteiger partial charge >= 0.3 is 0 Å². The third-order valence-electron chi connectivity index (χ3n) is 28.6. The van der Waals surface area contributed by atoms with E-state index < -0.39 is 0 Å². The summed E-state index contributed by atoms with van der Waals surface area (Å²) in [6.45, 7) is 49.4. The van der Waals surface area contributed by atoms with Crippen molar-refractivity contribution in [2.45, 2.75) is 222 Å². The standard InChI is InChI=1S/C66H63BS2.C62H55BS2/c1-63(2,3)46-26-28-54-56(38-46)68-58-35-44(36-59-62(58)67(54)55-29-27-47(64(4,5)6)39-57(55)69-59)42-30-41(43-33-48(65(7,8)9)37-49(34-43)66(10,11)12)31-45(32-42)61-52-24-18-16-22-50(52)60(40-20-14-13-15-21-40)51-23-17-19-25-53(51)61;1-60(2,3)44-21-17-20-39(33-44)40-30-41(32-43(31-40)58-49-24-15-13-22-47(49)57(38-18-11-10-12-19-38)48-23-14-16-25-50(48)58)42-34-55-59-56(35-42)65-54-37-46(62(7,8)9)27-29-52(54)63(59)51-28-26-45(61(4,5)6)36-53(51)64-55/h13-39H,1-12H3;10-37H,1-9H3. The molecule has 134 heavy (non-hydrogen) atoms. The van der Waals surface area contributed by atoms with Gasteiger partial charge < -0.3 is 0 Å². The molecule has 0 spiro atoms. The third-order valence-corrected chi connectivity index (χ3v) is 33.1. The smallest absolute Gasteiger partial charge is 0.0911 e. The second-order valence-electron chi connectivity index (χ2n) is 45.2. The number of fused-ring (bicyclic) bond motifs is 12. The first-order valence-electron chi connectivity index (χ1n) is 48.0. The summed E-state index contributed by atoms with van der Waals surface area (Å²) in [4.78, 5) is 11.0. The van der Waals surface area contributed by atoms with Crippen LogP contribution in [-0.4, -0.2) is 13.4 Å². The summed E-state index contributed by atoms with van der Waals surface area (Å²) in [5, 5.41) is 10.2. The van der Waals surface area contributed by atoms with Crippen molar-refractivity contribution in [1.82, 2.24) is 0 Å². The van der Waals surface area contributed by atoms with Gasteiger partial charge in [-0.15, -0.1) is 0 Å². The first kappa shape index (κ1) is 89.1. The lowest BCUT2D eigenvalue weighted by atomic mass is 9.36. The van der Waals surface area contributed by atoms with Crippen LogP contribution in [0.4, 0.5) is 0 Å². The number of hydrogen-bond donors (Lipinski definition) is 0. The summed E-state index contributed by atoms with van der Waals surface area (Å²) >= 11 is 7.88. The second-order valence-corrected chi connectivity index (χ2v) is 49.5. The van der Waals surface area contributed by atoms with Crippen molar-refractivity contribution < 1.29 is 0 Å². The summed E-state index contributed by atoms with van der Waals surface area (Å²) in [6, 6.07) is 129. The maximum Gasteiger partial charge on any atom is 0.247 e. The number of rotatable bonds is 8. The molecule has 0 nitrogen and oxygen atoms in total. The van der Waals surface area contributed by atoms with Crippen LogP contribution in [0.15, 0.2) is 373 Å². The van der Waals surface area contributed by atoms with E-state index in [0.29, 0.717) is 0 Å². The highest BCUT2D eigenvalue weighted by molar-refractivity contribution is 8.02. The second kappa shape index (κ2) is 33.2. The number of benzene rings is 18. The van der Waals surface area contributed by atoms with E-state index in [9.17, 15) is 0 Å². The van der Waals surface area contributed by atoms with Gasteiger partial charge in [-0.3, -0.25) is 0 Å². The fourth-order valence-electron chi connectivity index (χ4n) is 20.9. The Morgan fingerprint density at radius 1 is 0.149 bits per heavy atom. The first-order valence-corrected chi connectivity index (χ1v) is 51.3. The molecule has 0 amide bonds. The third kappa shape index (κ3) is 16.4.